The lowest BCUT2D eigenvalue weighted by Crippen LogP contribution is -2.62. The fourth-order valence-electron chi connectivity index (χ4n) is 4.24. The predicted molar refractivity (Wildman–Crippen MR) is 158 cm³/mol. The van der Waals surface area contributed by atoms with Gasteiger partial charge in [0.2, 0.25) is 23.6 Å². The molecule has 1 aliphatic heterocycles. The fourth-order valence-corrected chi connectivity index (χ4v) is 7.07. The van der Waals surface area contributed by atoms with Crippen molar-refractivity contribution < 1.29 is 24.3 Å². The average Bonchev–Trinajstić information content (AvgIpc) is 2.90. The zero-order chi connectivity index (χ0) is 29.7. The van der Waals surface area contributed by atoms with E-state index in [0.717, 1.165) is 11.1 Å². The number of benzene rings is 2. The van der Waals surface area contributed by atoms with E-state index in [1.165, 1.54) is 33.7 Å². The van der Waals surface area contributed by atoms with Crippen molar-refractivity contribution in [1.82, 2.24) is 16.0 Å². The summed E-state index contributed by atoms with van der Waals surface area (Å²) >= 11 is 0. The molecular formula is C28H37N5O5S2. The molecule has 2 aromatic carbocycles. The van der Waals surface area contributed by atoms with Crippen LogP contribution >= 0.6 is 21.6 Å². The molecule has 1 aliphatic rings. The SMILES string of the molecule is CC1(C)SSC(C)(C)[C@@H](NC(=O)[C@@H](N)Cc2ccc(O)cc2)C(=O)NC(Cc2ccccc2)C(=O)N[C@H]1C(N)=O. The minimum Gasteiger partial charge on any atom is -0.508 e. The highest BCUT2D eigenvalue weighted by atomic mass is 33.1. The molecule has 3 rings (SSSR count). The van der Waals surface area contributed by atoms with Gasteiger partial charge < -0.3 is 32.5 Å². The highest BCUT2D eigenvalue weighted by Crippen LogP contribution is 2.46. The fraction of sp³-hybridized carbons (Fsp3) is 0.429. The van der Waals surface area contributed by atoms with Crippen LogP contribution < -0.4 is 27.4 Å². The summed E-state index contributed by atoms with van der Waals surface area (Å²) in [6, 6.07) is 11.4. The van der Waals surface area contributed by atoms with Crippen molar-refractivity contribution in [3.8, 4) is 5.75 Å². The van der Waals surface area contributed by atoms with Crippen LogP contribution in [0.15, 0.2) is 54.6 Å². The van der Waals surface area contributed by atoms with Crippen molar-refractivity contribution in [2.24, 2.45) is 11.5 Å². The summed E-state index contributed by atoms with van der Waals surface area (Å²) in [7, 11) is 2.60. The first-order chi connectivity index (χ1) is 18.7. The number of primary amides is 1. The van der Waals surface area contributed by atoms with Crippen molar-refractivity contribution in [1.29, 1.82) is 0 Å². The van der Waals surface area contributed by atoms with Crippen LogP contribution in [0.1, 0.15) is 38.8 Å². The number of carbonyl (C=O) groups is 4. The van der Waals surface area contributed by atoms with Crippen molar-refractivity contribution in [3.63, 3.8) is 0 Å². The third-order valence-electron chi connectivity index (χ3n) is 6.63. The lowest BCUT2D eigenvalue weighted by atomic mass is 9.98. The smallest absolute Gasteiger partial charge is 0.244 e. The monoisotopic (exact) mass is 587 g/mol. The van der Waals surface area contributed by atoms with Crippen molar-refractivity contribution in [2.45, 2.75) is 74.2 Å². The Kier molecular flexibility index (Phi) is 10.1. The molecule has 0 aliphatic carbocycles. The minimum atomic E-state index is -1.07. The molecule has 1 fully saturated rings. The number of carbonyl (C=O) groups excluding carboxylic acids is 4. The Balaban J connectivity index is 1.92. The molecule has 12 heteroatoms. The van der Waals surface area contributed by atoms with Crippen molar-refractivity contribution in [2.75, 3.05) is 0 Å². The summed E-state index contributed by atoms with van der Waals surface area (Å²) in [5, 5.41) is 17.9. The highest BCUT2D eigenvalue weighted by Gasteiger charge is 2.45. The summed E-state index contributed by atoms with van der Waals surface area (Å²) < 4.78 is -1.75. The molecule has 216 valence electrons. The number of hydrogen-bond donors (Lipinski definition) is 6. The average molecular weight is 588 g/mol. The standard InChI is InChI=1S/C28H37N5O5S2/c1-27(2)21(23(30)35)32-25(37)20(15-16-8-6-5-7-9-16)31-26(38)22(28(3,4)40-39-27)33-24(36)19(29)14-17-10-12-18(34)13-11-17/h5-13,19-22,34H,14-15,29H2,1-4H3,(H2,30,35)(H,31,38)(H,32,37)(H,33,36)/t19-,20?,21-,22-/m0/s1. The van der Waals surface area contributed by atoms with Crippen LogP contribution in [-0.2, 0) is 32.0 Å². The maximum absolute atomic E-state index is 13.7. The second-order valence-corrected chi connectivity index (χ2v) is 14.3. The summed E-state index contributed by atoms with van der Waals surface area (Å²) in [5.41, 5.74) is 13.4. The lowest BCUT2D eigenvalue weighted by Gasteiger charge is -2.37. The van der Waals surface area contributed by atoms with Gasteiger partial charge in [-0.05, 0) is 57.4 Å². The number of nitrogens with two attached hydrogens (primary N) is 2. The van der Waals surface area contributed by atoms with E-state index in [1.54, 1.807) is 39.8 Å². The molecule has 2 aromatic rings. The highest BCUT2D eigenvalue weighted by molar-refractivity contribution is 8.77. The van der Waals surface area contributed by atoms with Gasteiger partial charge >= 0.3 is 0 Å². The summed E-state index contributed by atoms with van der Waals surface area (Å²) in [6.45, 7) is 7.18. The third-order valence-corrected chi connectivity index (χ3v) is 10.9. The molecule has 4 atom stereocenters. The van der Waals surface area contributed by atoms with E-state index in [4.69, 9.17) is 11.5 Å². The number of amides is 4. The molecule has 1 heterocycles. The molecule has 0 spiro atoms. The summed E-state index contributed by atoms with van der Waals surface area (Å²) in [6.07, 6.45) is 0.348. The quantitative estimate of drug-likeness (QED) is 0.263. The molecule has 8 N–H and O–H groups in total. The molecule has 4 amide bonds. The molecular weight excluding hydrogens is 550 g/mol. The van der Waals surface area contributed by atoms with E-state index in [-0.39, 0.29) is 18.6 Å². The zero-order valence-corrected chi connectivity index (χ0v) is 24.6. The molecule has 10 nitrogen and oxygen atoms in total. The topological polar surface area (TPSA) is 177 Å². The van der Waals surface area contributed by atoms with Gasteiger partial charge in [0.15, 0.2) is 0 Å². The van der Waals surface area contributed by atoms with Gasteiger partial charge in [0.25, 0.3) is 0 Å². The first-order valence-corrected chi connectivity index (χ1v) is 15.0. The van der Waals surface area contributed by atoms with Crippen LogP contribution in [0.2, 0.25) is 0 Å². The number of hydrogen-bond acceptors (Lipinski definition) is 8. The number of nitrogens with one attached hydrogen (secondary N) is 3. The summed E-state index contributed by atoms with van der Waals surface area (Å²) in [4.78, 5) is 52.8. The summed E-state index contributed by atoms with van der Waals surface area (Å²) in [5.74, 6) is -2.26. The molecule has 1 saturated heterocycles. The van der Waals surface area contributed by atoms with Gasteiger partial charge in [-0.1, -0.05) is 64.1 Å². The lowest BCUT2D eigenvalue weighted by molar-refractivity contribution is -0.134. The Hall–Kier alpha value is -3.22. The van der Waals surface area contributed by atoms with Gasteiger partial charge in [-0.25, -0.2) is 0 Å². The van der Waals surface area contributed by atoms with Crippen LogP contribution in [0.25, 0.3) is 0 Å². The Morgan fingerprint density at radius 3 is 2.12 bits per heavy atom. The van der Waals surface area contributed by atoms with Gasteiger partial charge in [0, 0.05) is 15.9 Å². The zero-order valence-electron chi connectivity index (χ0n) is 23.0. The normalized spacial score (nSPS) is 23.6. The van der Waals surface area contributed by atoms with Gasteiger partial charge in [-0.3, -0.25) is 19.2 Å². The molecule has 0 radical (unpaired) electrons. The van der Waals surface area contributed by atoms with Gasteiger partial charge in [0.05, 0.1) is 6.04 Å². The second-order valence-electron chi connectivity index (χ2n) is 10.9. The first-order valence-electron chi connectivity index (χ1n) is 12.8. The molecule has 1 unspecified atom stereocenters. The Morgan fingerprint density at radius 1 is 0.925 bits per heavy atom. The Labute approximate surface area is 242 Å². The minimum absolute atomic E-state index is 0.0998. The van der Waals surface area contributed by atoms with Crippen molar-refractivity contribution in [3.05, 3.63) is 65.7 Å². The maximum atomic E-state index is 13.7. The van der Waals surface area contributed by atoms with E-state index in [9.17, 15) is 24.3 Å². The number of phenolic OH excluding ortho intramolecular Hbond substituents is 1. The number of aromatic hydroxyl groups is 1. The molecule has 0 aromatic heterocycles. The van der Waals surface area contributed by atoms with E-state index < -0.39 is 57.3 Å². The van der Waals surface area contributed by atoms with Gasteiger partial charge in [-0.15, -0.1) is 0 Å². The largest absolute Gasteiger partial charge is 0.508 e. The Bertz CT molecular complexity index is 1220. The maximum Gasteiger partial charge on any atom is 0.244 e. The molecule has 0 bridgehead atoms. The predicted octanol–water partition coefficient (Wildman–Crippen LogP) is 1.40. The first kappa shape index (κ1) is 31.3. The van der Waals surface area contributed by atoms with E-state index >= 15 is 0 Å². The van der Waals surface area contributed by atoms with Crippen LogP contribution in [0.5, 0.6) is 5.75 Å². The van der Waals surface area contributed by atoms with Gasteiger partial charge in [-0.2, -0.15) is 0 Å². The second kappa shape index (κ2) is 13.0. The van der Waals surface area contributed by atoms with E-state index in [1.807, 2.05) is 30.3 Å². The van der Waals surface area contributed by atoms with Crippen molar-refractivity contribution >= 4 is 45.2 Å². The number of rotatable bonds is 7. The molecule has 40 heavy (non-hydrogen) atoms. The van der Waals surface area contributed by atoms with Crippen LogP contribution in [0.3, 0.4) is 0 Å². The van der Waals surface area contributed by atoms with Crippen LogP contribution in [-0.4, -0.2) is 62.4 Å². The Morgan fingerprint density at radius 2 is 1.52 bits per heavy atom. The van der Waals surface area contributed by atoms with E-state index in [2.05, 4.69) is 16.0 Å². The van der Waals surface area contributed by atoms with Gasteiger partial charge in [0.1, 0.15) is 23.9 Å². The molecule has 0 saturated carbocycles. The van der Waals surface area contributed by atoms with E-state index in [0.29, 0.717) is 0 Å². The number of phenols is 1. The third kappa shape index (κ3) is 8.15. The van der Waals surface area contributed by atoms with Crippen LogP contribution in [0, 0.1) is 0 Å². The van der Waals surface area contributed by atoms with Crippen LogP contribution in [0.4, 0.5) is 0 Å².